The largest absolute Gasteiger partial charge is 0.392 e. The van der Waals surface area contributed by atoms with Gasteiger partial charge in [0.25, 0.3) is 11.8 Å². The predicted octanol–water partition coefficient (Wildman–Crippen LogP) is 4.79. The summed E-state index contributed by atoms with van der Waals surface area (Å²) in [6, 6.07) is 11.2. The summed E-state index contributed by atoms with van der Waals surface area (Å²) >= 11 is 6.97. The zero-order valence-corrected chi connectivity index (χ0v) is 28.8. The van der Waals surface area contributed by atoms with Gasteiger partial charge < -0.3 is 24.9 Å². The average Bonchev–Trinajstić information content (AvgIpc) is 3.72. The number of aliphatic hydroxyl groups excluding tert-OH is 1. The van der Waals surface area contributed by atoms with Crippen molar-refractivity contribution in [3.63, 3.8) is 0 Å². The number of halogens is 1. The van der Waals surface area contributed by atoms with Gasteiger partial charge in [0.15, 0.2) is 11.6 Å². The van der Waals surface area contributed by atoms with E-state index in [0.29, 0.717) is 41.1 Å². The van der Waals surface area contributed by atoms with Gasteiger partial charge in [-0.1, -0.05) is 35.9 Å². The third-order valence-corrected chi connectivity index (χ3v) is 10.3. The minimum Gasteiger partial charge on any atom is -0.392 e. The van der Waals surface area contributed by atoms with Crippen molar-refractivity contribution in [2.45, 2.75) is 58.7 Å². The molecule has 7 rings (SSSR count). The molecule has 2 aromatic carbocycles. The molecule has 1 atom stereocenters. The molecule has 2 amide bonds. The van der Waals surface area contributed by atoms with Gasteiger partial charge in [0, 0.05) is 88.8 Å². The van der Waals surface area contributed by atoms with E-state index in [1.807, 2.05) is 60.5 Å². The number of hydrogen-bond donors (Lipinski definition) is 3. The van der Waals surface area contributed by atoms with Crippen LogP contribution in [-0.4, -0.2) is 78.1 Å². The zero-order chi connectivity index (χ0) is 33.7. The van der Waals surface area contributed by atoms with Gasteiger partial charge in [0.05, 0.1) is 28.2 Å². The van der Waals surface area contributed by atoms with Crippen molar-refractivity contribution in [2.75, 3.05) is 36.8 Å². The molecule has 2 aromatic heterocycles. The number of nitrogens with zero attached hydrogens (tertiary/aromatic N) is 6. The van der Waals surface area contributed by atoms with Crippen LogP contribution in [0, 0.1) is 12.8 Å². The molecule has 1 aliphatic carbocycles. The van der Waals surface area contributed by atoms with Crippen LogP contribution in [0.3, 0.4) is 0 Å². The summed E-state index contributed by atoms with van der Waals surface area (Å²) in [7, 11) is 3.78. The van der Waals surface area contributed by atoms with Gasteiger partial charge >= 0.3 is 0 Å². The second-order valence-electron chi connectivity index (χ2n) is 13.6. The molecule has 48 heavy (non-hydrogen) atoms. The smallest absolute Gasteiger partial charge is 0.291 e. The van der Waals surface area contributed by atoms with Crippen LogP contribution in [-0.2, 0) is 40.0 Å². The number of β-amino-alcohol motifs (C(OH)–C–C–N with tert-alkyl or cyclic N) is 1. The first-order chi connectivity index (χ1) is 23.1. The lowest BCUT2D eigenvalue weighted by Gasteiger charge is -2.27. The molecule has 4 aromatic rings. The third-order valence-electron chi connectivity index (χ3n) is 9.93. The maximum Gasteiger partial charge on any atom is 0.291 e. The first-order valence-corrected chi connectivity index (χ1v) is 17.2. The monoisotopic (exact) mass is 670 g/mol. The lowest BCUT2D eigenvalue weighted by Crippen LogP contribution is -2.36. The molecule has 1 saturated carbocycles. The number of nitrogens with one attached hydrogen (secondary N) is 2. The minimum absolute atomic E-state index is 0.297. The third kappa shape index (κ3) is 6.39. The van der Waals surface area contributed by atoms with E-state index in [4.69, 9.17) is 21.6 Å². The van der Waals surface area contributed by atoms with Crippen molar-refractivity contribution in [3.05, 3.63) is 81.4 Å². The van der Waals surface area contributed by atoms with Crippen molar-refractivity contribution in [1.29, 1.82) is 0 Å². The summed E-state index contributed by atoms with van der Waals surface area (Å²) in [5, 5.41) is 16.3. The number of rotatable bonds is 9. The van der Waals surface area contributed by atoms with Crippen LogP contribution in [0.4, 0.5) is 11.4 Å². The summed E-state index contributed by atoms with van der Waals surface area (Å²) in [4.78, 5) is 41.1. The minimum atomic E-state index is -0.423. The number of imidazole rings is 2. The van der Waals surface area contributed by atoms with Crippen LogP contribution in [0.5, 0.6) is 0 Å². The molecule has 1 unspecified atom stereocenters. The van der Waals surface area contributed by atoms with Crippen LogP contribution in [0.2, 0.25) is 5.02 Å². The average molecular weight is 671 g/mol. The summed E-state index contributed by atoms with van der Waals surface area (Å²) < 4.78 is 3.78. The highest BCUT2D eigenvalue weighted by Crippen LogP contribution is 2.38. The van der Waals surface area contributed by atoms with E-state index < -0.39 is 6.10 Å². The van der Waals surface area contributed by atoms with E-state index in [-0.39, 0.29) is 11.8 Å². The summed E-state index contributed by atoms with van der Waals surface area (Å²) in [6.07, 6.45) is 3.85. The Bertz CT molecular complexity index is 1760. The first kappa shape index (κ1) is 32.5. The Kier molecular flexibility index (Phi) is 8.88. The van der Waals surface area contributed by atoms with Crippen molar-refractivity contribution in [1.82, 2.24) is 28.9 Å². The number of carbonyl (C=O) groups excluding carboxylic acids is 2. The molecule has 3 N–H and O–H groups in total. The molecule has 0 saturated heterocycles. The fourth-order valence-electron chi connectivity index (χ4n) is 7.18. The highest BCUT2D eigenvalue weighted by Gasteiger charge is 2.30. The second kappa shape index (κ2) is 13.1. The normalized spacial score (nSPS) is 17.1. The summed E-state index contributed by atoms with van der Waals surface area (Å²) in [6.45, 7) is 8.57. The molecule has 252 valence electrons. The van der Waals surface area contributed by atoms with Crippen LogP contribution < -0.4 is 10.6 Å². The van der Waals surface area contributed by atoms with E-state index in [0.717, 1.165) is 84.4 Å². The highest BCUT2D eigenvalue weighted by molar-refractivity contribution is 6.36. The number of carbonyl (C=O) groups is 2. The quantitative estimate of drug-likeness (QED) is 0.234. The molecule has 0 spiro atoms. The SMILES string of the molecule is Cc1c(NC(=O)c2nc3c(n2C)CCN(CC(C)O)C3)cccc1-c1cccc(NC(=O)c2nc3c(n2C)CCN(CC2CC2)C3)c1Cl. The van der Waals surface area contributed by atoms with Crippen LogP contribution in [0.15, 0.2) is 36.4 Å². The number of aliphatic hydroxyl groups is 1. The van der Waals surface area contributed by atoms with Crippen LogP contribution in [0.25, 0.3) is 11.1 Å². The molecule has 0 radical (unpaired) electrons. The van der Waals surface area contributed by atoms with E-state index >= 15 is 0 Å². The molecular formula is C36H43ClN8O3. The Morgan fingerprint density at radius 2 is 1.42 bits per heavy atom. The standard InChI is InChI=1S/C36H43ClN8O3/c1-21(46)17-44-15-13-30-28(19-44)38-33(42(30)3)35(47)40-26-9-5-7-24(22(26)2)25-8-6-10-27(32(25)37)41-36(48)34-39-29-20-45(18-23-11-12-23)16-14-31(29)43(34)4/h5-10,21,23,46H,11-20H2,1-4H3,(H,40,47)(H,41,48). The Morgan fingerprint density at radius 1 is 0.875 bits per heavy atom. The van der Waals surface area contributed by atoms with Gasteiger partial charge in [-0.25, -0.2) is 9.97 Å². The van der Waals surface area contributed by atoms with Gasteiger partial charge in [0.1, 0.15) is 0 Å². The molecular weight excluding hydrogens is 628 g/mol. The van der Waals surface area contributed by atoms with Crippen molar-refractivity contribution < 1.29 is 14.7 Å². The number of fused-ring (bicyclic) bond motifs is 2. The molecule has 0 bridgehead atoms. The topological polar surface area (TPSA) is 121 Å². The second-order valence-corrected chi connectivity index (χ2v) is 14.0. The van der Waals surface area contributed by atoms with Gasteiger partial charge in [-0.3, -0.25) is 19.4 Å². The summed E-state index contributed by atoms with van der Waals surface area (Å²) in [5.41, 5.74) is 7.56. The first-order valence-electron chi connectivity index (χ1n) is 16.8. The number of anilines is 2. The lowest BCUT2D eigenvalue weighted by atomic mass is 9.98. The van der Waals surface area contributed by atoms with Crippen LogP contribution >= 0.6 is 11.6 Å². The van der Waals surface area contributed by atoms with Crippen LogP contribution in [0.1, 0.15) is 69.3 Å². The van der Waals surface area contributed by atoms with E-state index in [1.54, 1.807) is 13.0 Å². The number of hydrogen-bond acceptors (Lipinski definition) is 7. The Labute approximate surface area is 285 Å². The molecule has 3 aliphatic rings. The van der Waals surface area contributed by atoms with E-state index in [1.165, 1.54) is 12.8 Å². The maximum absolute atomic E-state index is 13.5. The van der Waals surface area contributed by atoms with Gasteiger partial charge in [-0.15, -0.1) is 0 Å². The van der Waals surface area contributed by atoms with Gasteiger partial charge in [-0.2, -0.15) is 0 Å². The maximum atomic E-state index is 13.5. The number of amides is 2. The Balaban J connectivity index is 1.08. The summed E-state index contributed by atoms with van der Waals surface area (Å²) in [5.74, 6) is 0.938. The molecule has 12 heteroatoms. The van der Waals surface area contributed by atoms with E-state index in [9.17, 15) is 14.7 Å². The number of aromatic nitrogens is 4. The van der Waals surface area contributed by atoms with Crippen molar-refractivity contribution >= 4 is 34.8 Å². The zero-order valence-electron chi connectivity index (χ0n) is 28.0. The predicted molar refractivity (Wildman–Crippen MR) is 186 cm³/mol. The fourth-order valence-corrected chi connectivity index (χ4v) is 7.45. The Hall–Kier alpha value is -4.03. The van der Waals surface area contributed by atoms with E-state index in [2.05, 4.69) is 20.4 Å². The molecule has 2 aliphatic heterocycles. The Morgan fingerprint density at radius 3 is 2.02 bits per heavy atom. The molecule has 1 fully saturated rings. The van der Waals surface area contributed by atoms with Gasteiger partial charge in [-0.05, 0) is 55.9 Å². The molecule has 4 heterocycles. The van der Waals surface area contributed by atoms with Crippen molar-refractivity contribution in [3.8, 4) is 11.1 Å². The van der Waals surface area contributed by atoms with Gasteiger partial charge in [0.2, 0.25) is 0 Å². The molecule has 11 nitrogen and oxygen atoms in total. The fraction of sp³-hybridized carbons (Fsp3) is 0.444. The number of benzene rings is 2. The highest BCUT2D eigenvalue weighted by atomic mass is 35.5. The van der Waals surface area contributed by atoms with Crippen molar-refractivity contribution in [2.24, 2.45) is 20.0 Å². The lowest BCUT2D eigenvalue weighted by molar-refractivity contribution is 0.100.